The SMILES string of the molecule is [C-]#[N+]NC(=N[C@@H](CC1CCCCC1)C(=O)NC(CC)C(=O)c1nc2ccccc2o1)N1CCOCC1. The van der Waals surface area contributed by atoms with E-state index in [0.29, 0.717) is 62.1 Å². The van der Waals surface area contributed by atoms with Crippen LogP contribution in [0.4, 0.5) is 0 Å². The van der Waals surface area contributed by atoms with Crippen molar-refractivity contribution >= 4 is 28.7 Å². The van der Waals surface area contributed by atoms with Crippen molar-refractivity contribution in [2.24, 2.45) is 10.9 Å². The van der Waals surface area contributed by atoms with E-state index in [1.165, 1.54) is 6.42 Å². The lowest BCUT2D eigenvalue weighted by atomic mass is 9.84. The maximum absolute atomic E-state index is 13.5. The molecule has 192 valence electrons. The number of ether oxygens (including phenoxy) is 1. The third kappa shape index (κ3) is 6.40. The van der Waals surface area contributed by atoms with Gasteiger partial charge in [-0.1, -0.05) is 56.6 Å². The summed E-state index contributed by atoms with van der Waals surface area (Å²) in [4.78, 5) is 41.0. The highest BCUT2D eigenvalue weighted by Crippen LogP contribution is 2.28. The number of benzene rings is 1. The maximum atomic E-state index is 13.5. The van der Waals surface area contributed by atoms with Gasteiger partial charge in [-0.3, -0.25) is 9.59 Å². The fourth-order valence-corrected chi connectivity index (χ4v) is 4.86. The molecule has 1 amide bonds. The first-order chi connectivity index (χ1) is 17.6. The van der Waals surface area contributed by atoms with Gasteiger partial charge in [0.1, 0.15) is 11.6 Å². The molecule has 36 heavy (non-hydrogen) atoms. The molecule has 2 N–H and O–H groups in total. The number of para-hydroxylation sites is 2. The lowest BCUT2D eigenvalue weighted by Crippen LogP contribution is -2.49. The monoisotopic (exact) mass is 494 g/mol. The molecule has 1 aliphatic heterocycles. The Morgan fingerprint density at radius 1 is 1.22 bits per heavy atom. The Morgan fingerprint density at radius 3 is 2.67 bits per heavy atom. The van der Waals surface area contributed by atoms with E-state index in [4.69, 9.17) is 20.7 Å². The standard InChI is InChI=1S/C26H34N6O4/c1-3-19(23(33)25-29-20-11-7-8-12-22(20)36-25)28-24(34)21(17-18-9-5-4-6-10-18)30-26(31-27-2)32-13-15-35-16-14-32/h7-8,11-12,18-19,21H,3-6,9-10,13-17H2,1H3,(H,28,34)(H,30,31)/t19?,21-/m0/s1. The predicted molar refractivity (Wildman–Crippen MR) is 135 cm³/mol. The van der Waals surface area contributed by atoms with Crippen LogP contribution in [0.5, 0.6) is 0 Å². The average Bonchev–Trinajstić information content (AvgIpc) is 3.36. The van der Waals surface area contributed by atoms with Crippen LogP contribution in [0.15, 0.2) is 33.7 Å². The van der Waals surface area contributed by atoms with Crippen molar-refractivity contribution in [3.63, 3.8) is 0 Å². The zero-order valence-electron chi connectivity index (χ0n) is 20.7. The van der Waals surface area contributed by atoms with Gasteiger partial charge in [-0.15, -0.1) is 0 Å². The number of ketones is 1. The smallest absolute Gasteiger partial charge is 0.266 e. The first-order valence-electron chi connectivity index (χ1n) is 12.8. The Hall–Kier alpha value is -3.45. The number of Topliss-reactive ketones (excluding diaryl/α,β-unsaturated/α-hetero) is 1. The number of hydrogen-bond donors (Lipinski definition) is 2. The molecular weight excluding hydrogens is 460 g/mol. The Labute approximate surface area is 211 Å². The van der Waals surface area contributed by atoms with Crippen LogP contribution in [0, 0.1) is 12.5 Å². The molecule has 0 bridgehead atoms. The van der Waals surface area contributed by atoms with Crippen molar-refractivity contribution in [2.45, 2.75) is 64.0 Å². The number of carbonyl (C=O) groups excluding carboxylic acids is 2. The van der Waals surface area contributed by atoms with Crippen molar-refractivity contribution in [1.29, 1.82) is 0 Å². The summed E-state index contributed by atoms with van der Waals surface area (Å²) < 4.78 is 11.1. The van der Waals surface area contributed by atoms with Crippen molar-refractivity contribution in [1.82, 2.24) is 20.6 Å². The molecule has 2 fully saturated rings. The Balaban J connectivity index is 1.54. The van der Waals surface area contributed by atoms with Crippen molar-refractivity contribution in [3.8, 4) is 0 Å². The van der Waals surface area contributed by atoms with Gasteiger partial charge in [-0.05, 0) is 30.9 Å². The molecule has 2 aliphatic rings. The maximum Gasteiger partial charge on any atom is 0.266 e. The number of amides is 1. The summed E-state index contributed by atoms with van der Waals surface area (Å²) in [5.74, 6) is 0.0523. The van der Waals surface area contributed by atoms with E-state index in [2.05, 4.69) is 20.7 Å². The Morgan fingerprint density at radius 2 is 1.97 bits per heavy atom. The molecule has 1 unspecified atom stereocenters. The first-order valence-corrected chi connectivity index (χ1v) is 12.8. The number of aliphatic imine (C=N–C) groups is 1. The van der Waals surface area contributed by atoms with Crippen LogP contribution >= 0.6 is 0 Å². The molecule has 4 rings (SSSR count). The quantitative estimate of drug-likeness (QED) is 0.190. The number of fused-ring (bicyclic) bond motifs is 1. The molecule has 1 saturated heterocycles. The summed E-state index contributed by atoms with van der Waals surface area (Å²) >= 11 is 0. The molecular formula is C26H34N6O4. The van der Waals surface area contributed by atoms with E-state index in [1.54, 1.807) is 12.1 Å². The van der Waals surface area contributed by atoms with E-state index in [9.17, 15) is 9.59 Å². The number of nitrogens with one attached hydrogen (secondary N) is 2. The number of carbonyl (C=O) groups is 2. The van der Waals surface area contributed by atoms with Crippen LogP contribution < -0.4 is 10.7 Å². The lowest BCUT2D eigenvalue weighted by molar-refractivity contribution is -0.123. The number of guanidine groups is 1. The average molecular weight is 495 g/mol. The second-order valence-corrected chi connectivity index (χ2v) is 9.35. The Kier molecular flexibility index (Phi) is 8.90. The van der Waals surface area contributed by atoms with E-state index < -0.39 is 12.1 Å². The summed E-state index contributed by atoms with van der Waals surface area (Å²) in [6, 6.07) is 5.68. The first kappa shape index (κ1) is 25.6. The molecule has 2 aromatic rings. The van der Waals surface area contributed by atoms with Crippen molar-refractivity contribution in [3.05, 3.63) is 41.7 Å². The molecule has 1 saturated carbocycles. The largest absolute Gasteiger partial charge is 0.434 e. The minimum atomic E-state index is -0.782. The fourth-order valence-electron chi connectivity index (χ4n) is 4.86. The van der Waals surface area contributed by atoms with Crippen LogP contribution in [0.1, 0.15) is 62.6 Å². The van der Waals surface area contributed by atoms with Crippen LogP contribution in [0.25, 0.3) is 16.1 Å². The fraction of sp³-hybridized carbons (Fsp3) is 0.577. The lowest BCUT2D eigenvalue weighted by Gasteiger charge is -2.29. The van der Waals surface area contributed by atoms with Gasteiger partial charge in [-0.25, -0.2) is 9.98 Å². The van der Waals surface area contributed by atoms with Crippen LogP contribution in [0.2, 0.25) is 0 Å². The molecule has 1 aromatic carbocycles. The van der Waals surface area contributed by atoms with Crippen LogP contribution in [-0.4, -0.2) is 65.9 Å². The summed E-state index contributed by atoms with van der Waals surface area (Å²) in [6.07, 6.45) is 6.59. The molecule has 0 radical (unpaired) electrons. The van der Waals surface area contributed by atoms with Gasteiger partial charge in [0, 0.05) is 13.1 Å². The zero-order chi connectivity index (χ0) is 25.3. The summed E-state index contributed by atoms with van der Waals surface area (Å²) in [5, 5.41) is 2.91. The van der Waals surface area contributed by atoms with Gasteiger partial charge in [-0.2, -0.15) is 11.5 Å². The molecule has 10 heteroatoms. The van der Waals surface area contributed by atoms with Gasteiger partial charge in [0.05, 0.1) is 19.3 Å². The number of nitrogens with zero attached hydrogens (tertiary/aromatic N) is 4. The van der Waals surface area contributed by atoms with Crippen LogP contribution in [0.3, 0.4) is 0 Å². The van der Waals surface area contributed by atoms with Crippen LogP contribution in [-0.2, 0) is 9.53 Å². The second kappa shape index (κ2) is 12.5. The predicted octanol–water partition coefficient (Wildman–Crippen LogP) is 3.36. The van der Waals surface area contributed by atoms with Crippen molar-refractivity contribution < 1.29 is 18.7 Å². The van der Waals surface area contributed by atoms with Gasteiger partial charge in [0.15, 0.2) is 5.58 Å². The highest BCUT2D eigenvalue weighted by Gasteiger charge is 2.31. The highest BCUT2D eigenvalue weighted by molar-refractivity contribution is 6.00. The third-order valence-corrected chi connectivity index (χ3v) is 6.87. The number of hydrogen-bond acceptors (Lipinski definition) is 6. The topological polar surface area (TPSA) is 113 Å². The number of aromatic nitrogens is 1. The normalized spacial score (nSPS) is 18.9. The van der Waals surface area contributed by atoms with Crippen molar-refractivity contribution in [2.75, 3.05) is 26.3 Å². The zero-order valence-corrected chi connectivity index (χ0v) is 20.7. The number of rotatable bonds is 8. The molecule has 10 nitrogen and oxygen atoms in total. The highest BCUT2D eigenvalue weighted by atomic mass is 16.5. The minimum Gasteiger partial charge on any atom is -0.434 e. The molecule has 2 heterocycles. The van der Waals surface area contributed by atoms with Gasteiger partial charge < -0.3 is 19.4 Å². The molecule has 1 aliphatic carbocycles. The molecule has 0 spiro atoms. The van der Waals surface area contributed by atoms with E-state index in [-0.39, 0.29) is 17.6 Å². The van der Waals surface area contributed by atoms with Gasteiger partial charge >= 0.3 is 0 Å². The summed E-state index contributed by atoms with van der Waals surface area (Å²) in [6.45, 7) is 11.4. The second-order valence-electron chi connectivity index (χ2n) is 9.35. The summed E-state index contributed by atoms with van der Waals surface area (Å²) in [5.41, 5.74) is 3.77. The molecule has 1 aromatic heterocycles. The molecule has 2 atom stereocenters. The number of oxazole rings is 1. The van der Waals surface area contributed by atoms with E-state index in [0.717, 1.165) is 25.7 Å². The minimum absolute atomic E-state index is 0.0145. The van der Waals surface area contributed by atoms with E-state index >= 15 is 0 Å². The van der Waals surface area contributed by atoms with E-state index in [1.807, 2.05) is 24.0 Å². The van der Waals surface area contributed by atoms with Gasteiger partial charge in [0.25, 0.3) is 11.9 Å². The van der Waals surface area contributed by atoms with Gasteiger partial charge in [0.2, 0.25) is 11.7 Å². The summed E-state index contributed by atoms with van der Waals surface area (Å²) in [7, 11) is 0. The third-order valence-electron chi connectivity index (χ3n) is 6.87. The number of morpholine rings is 1. The Bertz CT molecular complexity index is 1080.